The molecular weight excluding hydrogens is 602 g/mol. The van der Waals surface area contributed by atoms with Gasteiger partial charge in [-0.25, -0.2) is 8.42 Å². The van der Waals surface area contributed by atoms with E-state index in [1.165, 1.54) is 37.3 Å². The van der Waals surface area contributed by atoms with Crippen LogP contribution in [0.5, 0.6) is 11.5 Å². The Hall–Kier alpha value is -4.83. The Morgan fingerprint density at radius 1 is 0.826 bits per heavy atom. The van der Waals surface area contributed by atoms with E-state index in [0.717, 1.165) is 21.0 Å². The van der Waals surface area contributed by atoms with Crippen molar-refractivity contribution in [3.8, 4) is 11.5 Å². The van der Waals surface area contributed by atoms with E-state index in [0.29, 0.717) is 18.7 Å². The summed E-state index contributed by atoms with van der Waals surface area (Å²) in [6.07, 6.45) is 0.955. The number of rotatable bonds is 15. The molecule has 10 heteroatoms. The Bertz CT molecular complexity index is 1710. The first-order valence-electron chi connectivity index (χ1n) is 15.1. The predicted octanol–water partition coefficient (Wildman–Crippen LogP) is 5.37. The molecule has 46 heavy (non-hydrogen) atoms. The van der Waals surface area contributed by atoms with E-state index in [1.54, 1.807) is 30.3 Å². The number of anilines is 1. The van der Waals surface area contributed by atoms with Crippen LogP contribution in [0.15, 0.2) is 108 Å². The number of hydrogen-bond donors (Lipinski definition) is 1. The van der Waals surface area contributed by atoms with Crippen LogP contribution >= 0.6 is 0 Å². The van der Waals surface area contributed by atoms with Crippen LogP contribution in [0.2, 0.25) is 0 Å². The van der Waals surface area contributed by atoms with Crippen molar-refractivity contribution in [3.63, 3.8) is 0 Å². The lowest BCUT2D eigenvalue weighted by Gasteiger charge is -2.34. The number of ether oxygens (including phenoxy) is 2. The number of aryl methyl sites for hydroxylation is 1. The average molecular weight is 644 g/mol. The number of hydrogen-bond acceptors (Lipinski definition) is 6. The fraction of sp³-hybridized carbons (Fsp3) is 0.278. The molecule has 4 rings (SSSR count). The second kappa shape index (κ2) is 15.9. The van der Waals surface area contributed by atoms with Crippen molar-refractivity contribution in [1.82, 2.24) is 10.2 Å². The number of carbonyl (C=O) groups is 2. The van der Waals surface area contributed by atoms with Gasteiger partial charge in [0.05, 0.1) is 24.8 Å². The van der Waals surface area contributed by atoms with Crippen molar-refractivity contribution in [2.24, 2.45) is 0 Å². The van der Waals surface area contributed by atoms with Gasteiger partial charge in [0.2, 0.25) is 11.8 Å². The van der Waals surface area contributed by atoms with Gasteiger partial charge in [-0.2, -0.15) is 0 Å². The molecule has 4 aromatic rings. The van der Waals surface area contributed by atoms with Gasteiger partial charge >= 0.3 is 0 Å². The van der Waals surface area contributed by atoms with Crippen molar-refractivity contribution in [2.75, 3.05) is 31.6 Å². The molecule has 1 N–H and O–H groups in total. The van der Waals surface area contributed by atoms with Crippen LogP contribution in [-0.2, 0) is 32.6 Å². The van der Waals surface area contributed by atoms with E-state index in [9.17, 15) is 18.0 Å². The highest BCUT2D eigenvalue weighted by atomic mass is 32.2. The molecule has 0 spiro atoms. The van der Waals surface area contributed by atoms with E-state index in [4.69, 9.17) is 9.47 Å². The van der Waals surface area contributed by atoms with Gasteiger partial charge in [0, 0.05) is 25.6 Å². The first-order valence-corrected chi connectivity index (χ1v) is 16.6. The number of carbonyl (C=O) groups excluding carboxylic acids is 2. The minimum atomic E-state index is -4.29. The smallest absolute Gasteiger partial charge is 0.264 e. The monoisotopic (exact) mass is 643 g/mol. The van der Waals surface area contributed by atoms with Crippen molar-refractivity contribution >= 4 is 27.5 Å². The molecule has 4 aromatic carbocycles. The molecule has 0 aromatic heterocycles. The third-order valence-electron chi connectivity index (χ3n) is 7.52. The van der Waals surface area contributed by atoms with Crippen LogP contribution in [-0.4, -0.2) is 58.5 Å². The molecule has 0 aliphatic carbocycles. The second-order valence-corrected chi connectivity index (χ2v) is 12.7. The van der Waals surface area contributed by atoms with Crippen LogP contribution < -0.4 is 19.1 Å². The van der Waals surface area contributed by atoms with Crippen molar-refractivity contribution in [1.29, 1.82) is 0 Å². The number of amides is 2. The molecule has 0 radical (unpaired) electrons. The van der Waals surface area contributed by atoms with Crippen LogP contribution in [0.3, 0.4) is 0 Å². The van der Waals surface area contributed by atoms with E-state index in [2.05, 4.69) is 5.32 Å². The standard InChI is InChI=1S/C36H41N3O6S/c1-5-21-37-36(41)33(23-28-14-8-6-9-15-28)38(25-29-16-12-13-27(2)22-29)35(40)26-39(46(42,43)31-17-10-7-11-18-31)32-24-30(44-3)19-20-34(32)45-4/h6-20,22,24,33H,5,21,23,25-26H2,1-4H3,(H,37,41)/t33-/m0/s1. The molecule has 0 unspecified atom stereocenters. The molecule has 0 heterocycles. The lowest BCUT2D eigenvalue weighted by Crippen LogP contribution is -2.53. The maximum atomic E-state index is 14.6. The molecule has 242 valence electrons. The van der Waals surface area contributed by atoms with Crippen LogP contribution in [0, 0.1) is 6.92 Å². The first kappa shape index (κ1) is 34.1. The van der Waals surface area contributed by atoms with Gasteiger partial charge in [0.15, 0.2) is 0 Å². The zero-order valence-corrected chi connectivity index (χ0v) is 27.5. The first-order chi connectivity index (χ1) is 22.2. The number of benzene rings is 4. The van der Waals surface area contributed by atoms with E-state index in [1.807, 2.05) is 68.4 Å². The third-order valence-corrected chi connectivity index (χ3v) is 9.29. The minimum absolute atomic E-state index is 0.000526. The molecule has 2 amide bonds. The minimum Gasteiger partial charge on any atom is -0.497 e. The second-order valence-electron chi connectivity index (χ2n) is 10.9. The zero-order valence-electron chi connectivity index (χ0n) is 26.7. The van der Waals surface area contributed by atoms with Gasteiger partial charge in [-0.1, -0.05) is 85.3 Å². The van der Waals surface area contributed by atoms with Gasteiger partial charge in [0.1, 0.15) is 24.1 Å². The number of nitrogens with one attached hydrogen (secondary N) is 1. The molecule has 0 saturated heterocycles. The quantitative estimate of drug-likeness (QED) is 0.187. The van der Waals surface area contributed by atoms with Crippen molar-refractivity contribution < 1.29 is 27.5 Å². The number of nitrogens with zero attached hydrogens (tertiary/aromatic N) is 2. The van der Waals surface area contributed by atoms with Crippen LogP contribution in [0.25, 0.3) is 0 Å². The highest BCUT2D eigenvalue weighted by Crippen LogP contribution is 2.36. The van der Waals surface area contributed by atoms with E-state index >= 15 is 0 Å². The summed E-state index contributed by atoms with van der Waals surface area (Å²) in [7, 11) is -1.39. The molecule has 0 aliphatic rings. The lowest BCUT2D eigenvalue weighted by atomic mass is 10.0. The molecule has 0 bridgehead atoms. The summed E-state index contributed by atoms with van der Waals surface area (Å²) in [6.45, 7) is 3.83. The number of sulfonamides is 1. The fourth-order valence-electron chi connectivity index (χ4n) is 5.15. The Labute approximate surface area is 271 Å². The highest BCUT2D eigenvalue weighted by Gasteiger charge is 2.35. The molecule has 1 atom stereocenters. The Kier molecular flexibility index (Phi) is 11.8. The topological polar surface area (TPSA) is 105 Å². The van der Waals surface area contributed by atoms with Crippen LogP contribution in [0.4, 0.5) is 5.69 Å². The SMILES string of the molecule is CCCNC(=O)[C@H](Cc1ccccc1)N(Cc1cccc(C)c1)C(=O)CN(c1cc(OC)ccc1OC)S(=O)(=O)c1ccccc1. The van der Waals surface area contributed by atoms with Gasteiger partial charge in [-0.15, -0.1) is 0 Å². The normalized spacial score (nSPS) is 11.7. The summed E-state index contributed by atoms with van der Waals surface area (Å²) in [5, 5.41) is 2.96. The van der Waals surface area contributed by atoms with Crippen molar-refractivity contribution in [2.45, 2.75) is 44.2 Å². The number of methoxy groups -OCH3 is 2. The highest BCUT2D eigenvalue weighted by molar-refractivity contribution is 7.92. The van der Waals surface area contributed by atoms with Gasteiger partial charge < -0.3 is 19.7 Å². The maximum absolute atomic E-state index is 14.6. The third kappa shape index (κ3) is 8.45. The molecule has 0 saturated carbocycles. The predicted molar refractivity (Wildman–Crippen MR) is 179 cm³/mol. The van der Waals surface area contributed by atoms with E-state index < -0.39 is 28.5 Å². The maximum Gasteiger partial charge on any atom is 0.264 e. The zero-order chi connectivity index (χ0) is 33.1. The summed E-state index contributed by atoms with van der Waals surface area (Å²) in [6, 6.07) is 28.9. The Morgan fingerprint density at radius 2 is 1.50 bits per heavy atom. The molecule has 0 aliphatic heterocycles. The van der Waals surface area contributed by atoms with Crippen LogP contribution in [0.1, 0.15) is 30.0 Å². The van der Waals surface area contributed by atoms with E-state index in [-0.39, 0.29) is 35.2 Å². The fourth-order valence-corrected chi connectivity index (χ4v) is 6.59. The lowest BCUT2D eigenvalue weighted by molar-refractivity contribution is -0.140. The summed E-state index contributed by atoms with van der Waals surface area (Å²) in [5.74, 6) is -0.254. The molecular formula is C36H41N3O6S. The van der Waals surface area contributed by atoms with Crippen molar-refractivity contribution in [3.05, 3.63) is 120 Å². The Balaban J connectivity index is 1.85. The summed E-state index contributed by atoms with van der Waals surface area (Å²) in [4.78, 5) is 29.9. The summed E-state index contributed by atoms with van der Waals surface area (Å²) >= 11 is 0. The Morgan fingerprint density at radius 3 is 2.13 bits per heavy atom. The van der Waals surface area contributed by atoms with Gasteiger partial charge in [0.25, 0.3) is 10.0 Å². The summed E-state index contributed by atoms with van der Waals surface area (Å²) < 4.78 is 40.6. The summed E-state index contributed by atoms with van der Waals surface area (Å²) in [5.41, 5.74) is 2.80. The van der Waals surface area contributed by atoms with Gasteiger partial charge in [-0.3, -0.25) is 13.9 Å². The van der Waals surface area contributed by atoms with Gasteiger partial charge in [-0.05, 0) is 48.7 Å². The average Bonchev–Trinajstić information content (AvgIpc) is 3.08. The molecule has 9 nitrogen and oxygen atoms in total. The largest absolute Gasteiger partial charge is 0.497 e. The molecule has 0 fully saturated rings.